The Hall–Kier alpha value is -1.13. The van der Waals surface area contributed by atoms with E-state index >= 15 is 0 Å². The molecule has 0 saturated carbocycles. The zero-order valence-electron chi connectivity index (χ0n) is 10.8. The van der Waals surface area contributed by atoms with Crippen molar-refractivity contribution in [2.24, 2.45) is 5.84 Å². The molecular weight excluding hydrogens is 214 g/mol. The summed E-state index contributed by atoms with van der Waals surface area (Å²) in [6, 6.07) is 4.04. The second kappa shape index (κ2) is 8.03. The molecule has 0 radical (unpaired) electrons. The van der Waals surface area contributed by atoms with E-state index in [2.05, 4.69) is 17.3 Å². The molecule has 0 aliphatic heterocycles. The molecule has 1 rings (SSSR count). The number of nitrogens with one attached hydrogen (secondary N) is 1. The first kappa shape index (κ1) is 13.9. The zero-order valence-corrected chi connectivity index (χ0v) is 10.8. The van der Waals surface area contributed by atoms with Crippen molar-refractivity contribution in [3.05, 3.63) is 23.9 Å². The third-order valence-corrected chi connectivity index (χ3v) is 2.92. The standard InChI is InChI=1S/C13H23N3O/c1-3-4-5-6-9-12(16-14)11-8-7-10-15-13(11)17-2/h7-8,10,12,16H,3-6,9,14H2,1-2H3. The van der Waals surface area contributed by atoms with Gasteiger partial charge in [-0.1, -0.05) is 38.7 Å². The number of hydrazine groups is 1. The fraction of sp³-hybridized carbons (Fsp3) is 0.615. The first-order chi connectivity index (χ1) is 8.33. The topological polar surface area (TPSA) is 60.2 Å². The lowest BCUT2D eigenvalue weighted by atomic mass is 10.0. The van der Waals surface area contributed by atoms with Crippen LogP contribution in [0, 0.1) is 0 Å². The van der Waals surface area contributed by atoms with Crippen LogP contribution >= 0.6 is 0 Å². The molecule has 0 bridgehead atoms. The molecule has 1 atom stereocenters. The number of unbranched alkanes of at least 4 members (excludes halogenated alkanes) is 3. The molecule has 1 heterocycles. The molecule has 0 aromatic carbocycles. The highest BCUT2D eigenvalue weighted by molar-refractivity contribution is 5.28. The van der Waals surface area contributed by atoms with Crippen LogP contribution in [0.15, 0.2) is 18.3 Å². The first-order valence-corrected chi connectivity index (χ1v) is 6.28. The third kappa shape index (κ3) is 4.32. The first-order valence-electron chi connectivity index (χ1n) is 6.28. The normalized spacial score (nSPS) is 12.4. The highest BCUT2D eigenvalue weighted by Gasteiger charge is 2.14. The molecule has 96 valence electrons. The van der Waals surface area contributed by atoms with E-state index in [4.69, 9.17) is 10.6 Å². The molecule has 0 spiro atoms. The predicted molar refractivity (Wildman–Crippen MR) is 69.6 cm³/mol. The number of rotatable bonds is 8. The average molecular weight is 237 g/mol. The van der Waals surface area contributed by atoms with Crippen molar-refractivity contribution in [2.45, 2.75) is 45.1 Å². The van der Waals surface area contributed by atoms with Crippen molar-refractivity contribution >= 4 is 0 Å². The Bertz CT molecular complexity index is 317. The number of methoxy groups -OCH3 is 1. The third-order valence-electron chi connectivity index (χ3n) is 2.92. The summed E-state index contributed by atoms with van der Waals surface area (Å²) in [5, 5.41) is 0. The largest absolute Gasteiger partial charge is 0.481 e. The van der Waals surface area contributed by atoms with Gasteiger partial charge < -0.3 is 4.74 Å². The summed E-state index contributed by atoms with van der Waals surface area (Å²) in [5.74, 6) is 6.27. The molecule has 0 amide bonds. The van der Waals surface area contributed by atoms with E-state index in [0.717, 1.165) is 12.0 Å². The molecule has 0 aliphatic carbocycles. The van der Waals surface area contributed by atoms with E-state index in [1.807, 2.05) is 12.1 Å². The maximum absolute atomic E-state index is 5.61. The second-order valence-corrected chi connectivity index (χ2v) is 4.17. The van der Waals surface area contributed by atoms with E-state index in [9.17, 15) is 0 Å². The van der Waals surface area contributed by atoms with Gasteiger partial charge in [-0.2, -0.15) is 0 Å². The molecule has 3 N–H and O–H groups in total. The lowest BCUT2D eigenvalue weighted by Crippen LogP contribution is -2.28. The Labute approximate surface area is 104 Å². The number of pyridine rings is 1. The van der Waals surface area contributed by atoms with Gasteiger partial charge in [-0.25, -0.2) is 4.98 Å². The van der Waals surface area contributed by atoms with E-state index in [1.54, 1.807) is 13.3 Å². The van der Waals surface area contributed by atoms with Crippen LogP contribution in [0.25, 0.3) is 0 Å². The summed E-state index contributed by atoms with van der Waals surface area (Å²) in [6.07, 6.45) is 7.68. The van der Waals surface area contributed by atoms with Crippen molar-refractivity contribution < 1.29 is 4.74 Å². The summed E-state index contributed by atoms with van der Waals surface area (Å²) in [7, 11) is 1.64. The summed E-state index contributed by atoms with van der Waals surface area (Å²) < 4.78 is 5.25. The smallest absolute Gasteiger partial charge is 0.217 e. The minimum absolute atomic E-state index is 0.121. The average Bonchev–Trinajstić information content (AvgIpc) is 2.39. The summed E-state index contributed by atoms with van der Waals surface area (Å²) in [6.45, 7) is 2.21. The van der Waals surface area contributed by atoms with Crippen LogP contribution in [0.4, 0.5) is 0 Å². The SMILES string of the molecule is CCCCCCC(NN)c1cccnc1OC. The van der Waals surface area contributed by atoms with Gasteiger partial charge in [0.05, 0.1) is 13.2 Å². The molecular formula is C13H23N3O. The molecule has 1 unspecified atom stereocenters. The van der Waals surface area contributed by atoms with E-state index < -0.39 is 0 Å². The highest BCUT2D eigenvalue weighted by atomic mass is 16.5. The highest BCUT2D eigenvalue weighted by Crippen LogP contribution is 2.25. The fourth-order valence-electron chi connectivity index (χ4n) is 1.94. The van der Waals surface area contributed by atoms with Crippen LogP contribution in [0.5, 0.6) is 5.88 Å². The quantitative estimate of drug-likeness (QED) is 0.414. The summed E-state index contributed by atoms with van der Waals surface area (Å²) in [4.78, 5) is 4.19. The molecule has 4 nitrogen and oxygen atoms in total. The minimum atomic E-state index is 0.121. The maximum Gasteiger partial charge on any atom is 0.217 e. The van der Waals surface area contributed by atoms with Crippen LogP contribution in [0.1, 0.15) is 50.6 Å². The van der Waals surface area contributed by atoms with Gasteiger partial charge in [0.2, 0.25) is 5.88 Å². The number of ether oxygens (including phenoxy) is 1. The Morgan fingerprint density at radius 3 is 2.88 bits per heavy atom. The number of aromatic nitrogens is 1. The Kier molecular flexibility index (Phi) is 6.58. The van der Waals surface area contributed by atoms with Gasteiger partial charge in [-0.3, -0.25) is 11.3 Å². The summed E-state index contributed by atoms with van der Waals surface area (Å²) in [5.41, 5.74) is 3.89. The number of nitrogens with zero attached hydrogens (tertiary/aromatic N) is 1. The van der Waals surface area contributed by atoms with Gasteiger partial charge in [0, 0.05) is 11.8 Å². The van der Waals surface area contributed by atoms with Crippen LogP contribution in [-0.2, 0) is 0 Å². The van der Waals surface area contributed by atoms with Crippen LogP contribution in [-0.4, -0.2) is 12.1 Å². The molecule has 17 heavy (non-hydrogen) atoms. The Morgan fingerprint density at radius 2 is 2.24 bits per heavy atom. The second-order valence-electron chi connectivity index (χ2n) is 4.17. The monoisotopic (exact) mass is 237 g/mol. The molecule has 1 aromatic rings. The van der Waals surface area contributed by atoms with Crippen molar-refractivity contribution in [3.8, 4) is 5.88 Å². The van der Waals surface area contributed by atoms with E-state index in [0.29, 0.717) is 5.88 Å². The van der Waals surface area contributed by atoms with Gasteiger partial charge >= 0.3 is 0 Å². The minimum Gasteiger partial charge on any atom is -0.481 e. The Balaban J connectivity index is 2.59. The van der Waals surface area contributed by atoms with Gasteiger partial charge in [-0.15, -0.1) is 0 Å². The van der Waals surface area contributed by atoms with Crippen LogP contribution in [0.3, 0.4) is 0 Å². The number of hydrogen-bond acceptors (Lipinski definition) is 4. The zero-order chi connectivity index (χ0) is 12.5. The van der Waals surface area contributed by atoms with E-state index in [-0.39, 0.29) is 6.04 Å². The number of hydrogen-bond donors (Lipinski definition) is 2. The van der Waals surface area contributed by atoms with Crippen LogP contribution in [0.2, 0.25) is 0 Å². The lowest BCUT2D eigenvalue weighted by molar-refractivity contribution is 0.377. The van der Waals surface area contributed by atoms with Gasteiger partial charge in [-0.05, 0) is 12.5 Å². The van der Waals surface area contributed by atoms with Gasteiger partial charge in [0.1, 0.15) is 0 Å². The van der Waals surface area contributed by atoms with Gasteiger partial charge in [0.25, 0.3) is 0 Å². The van der Waals surface area contributed by atoms with Crippen molar-refractivity contribution in [2.75, 3.05) is 7.11 Å². The van der Waals surface area contributed by atoms with Crippen molar-refractivity contribution in [1.29, 1.82) is 0 Å². The molecule has 1 aromatic heterocycles. The van der Waals surface area contributed by atoms with Crippen LogP contribution < -0.4 is 16.0 Å². The maximum atomic E-state index is 5.61. The molecule has 0 saturated heterocycles. The Morgan fingerprint density at radius 1 is 1.41 bits per heavy atom. The van der Waals surface area contributed by atoms with Gasteiger partial charge in [0.15, 0.2) is 0 Å². The van der Waals surface area contributed by atoms with Crippen molar-refractivity contribution in [3.63, 3.8) is 0 Å². The number of nitrogens with two attached hydrogens (primary N) is 1. The predicted octanol–water partition coefficient (Wildman–Crippen LogP) is 2.57. The molecule has 0 fully saturated rings. The van der Waals surface area contributed by atoms with E-state index in [1.165, 1.54) is 25.7 Å². The molecule has 4 heteroatoms. The van der Waals surface area contributed by atoms with Crippen molar-refractivity contribution in [1.82, 2.24) is 10.4 Å². The molecule has 0 aliphatic rings. The lowest BCUT2D eigenvalue weighted by Gasteiger charge is -2.17. The fourth-order valence-corrected chi connectivity index (χ4v) is 1.94. The summed E-state index contributed by atoms with van der Waals surface area (Å²) >= 11 is 0.